The molecule has 0 atom stereocenters. The number of rotatable bonds is 4. The Morgan fingerprint density at radius 2 is 2.31 bits per heavy atom. The molecule has 0 heterocycles. The molecule has 4 heteroatoms. The molecule has 0 fully saturated rings. The molecule has 1 aromatic rings. The van der Waals surface area contributed by atoms with E-state index in [1.807, 2.05) is 19.1 Å². The fourth-order valence-corrected chi connectivity index (χ4v) is 1.50. The number of carbonyl (C=O) groups excluding carboxylic acids is 1. The highest BCUT2D eigenvalue weighted by atomic mass is 35.5. The molecule has 0 aliphatic heterocycles. The average molecular weight is 237 g/mol. The van der Waals surface area contributed by atoms with Gasteiger partial charge in [0.25, 0.3) is 5.91 Å². The number of amides is 1. The number of hydrogen-bond donors (Lipinski definition) is 1. The van der Waals surface area contributed by atoms with Crippen LogP contribution in [0.3, 0.4) is 0 Å². The molecule has 84 valence electrons. The van der Waals surface area contributed by atoms with Crippen LogP contribution in [0.25, 0.3) is 0 Å². The molecule has 0 aliphatic carbocycles. The third-order valence-electron chi connectivity index (χ3n) is 2.19. The Morgan fingerprint density at radius 1 is 1.56 bits per heavy atom. The number of aryl methyl sites for hydroxylation is 1. The number of nitrogens with one attached hydrogen (secondary N) is 1. The van der Waals surface area contributed by atoms with Crippen LogP contribution in [-0.2, 0) is 0 Å². The van der Waals surface area contributed by atoms with Crippen LogP contribution in [0.1, 0.15) is 28.8 Å². The predicted molar refractivity (Wildman–Crippen MR) is 63.4 cm³/mol. The SMILES string of the molecule is Cc1cccc(C(=O)NCCCC#N)c1Cl. The third kappa shape index (κ3) is 3.25. The second-order valence-electron chi connectivity index (χ2n) is 3.45. The predicted octanol–water partition coefficient (Wildman–Crippen LogP) is 2.68. The van der Waals surface area contributed by atoms with Crippen molar-refractivity contribution in [2.75, 3.05) is 6.54 Å². The highest BCUT2D eigenvalue weighted by Gasteiger charge is 2.10. The Kier molecular flexibility index (Phi) is 4.81. The summed E-state index contributed by atoms with van der Waals surface area (Å²) in [6.45, 7) is 2.35. The molecule has 1 amide bonds. The van der Waals surface area contributed by atoms with Gasteiger partial charge in [0.1, 0.15) is 0 Å². The van der Waals surface area contributed by atoms with E-state index in [-0.39, 0.29) is 5.91 Å². The van der Waals surface area contributed by atoms with E-state index in [9.17, 15) is 4.79 Å². The highest BCUT2D eigenvalue weighted by molar-refractivity contribution is 6.34. The van der Waals surface area contributed by atoms with Crippen LogP contribution in [0, 0.1) is 18.3 Å². The maximum atomic E-state index is 11.7. The van der Waals surface area contributed by atoms with Gasteiger partial charge in [0.15, 0.2) is 0 Å². The molecule has 0 aromatic heterocycles. The summed E-state index contributed by atoms with van der Waals surface area (Å²) in [5.74, 6) is -0.188. The number of carbonyl (C=O) groups is 1. The lowest BCUT2D eigenvalue weighted by molar-refractivity contribution is 0.0953. The van der Waals surface area contributed by atoms with Gasteiger partial charge in [-0.05, 0) is 25.0 Å². The fraction of sp³-hybridized carbons (Fsp3) is 0.333. The number of benzene rings is 1. The van der Waals surface area contributed by atoms with Gasteiger partial charge >= 0.3 is 0 Å². The summed E-state index contributed by atoms with van der Waals surface area (Å²) >= 11 is 6.01. The molecule has 1 rings (SSSR count). The first kappa shape index (κ1) is 12.5. The quantitative estimate of drug-likeness (QED) is 0.818. The number of halogens is 1. The van der Waals surface area contributed by atoms with Crippen molar-refractivity contribution >= 4 is 17.5 Å². The van der Waals surface area contributed by atoms with Crippen molar-refractivity contribution in [2.24, 2.45) is 0 Å². The van der Waals surface area contributed by atoms with E-state index in [2.05, 4.69) is 5.32 Å². The molecule has 1 N–H and O–H groups in total. The van der Waals surface area contributed by atoms with Crippen LogP contribution in [-0.4, -0.2) is 12.5 Å². The minimum Gasteiger partial charge on any atom is -0.352 e. The second-order valence-corrected chi connectivity index (χ2v) is 3.83. The molecule has 0 aliphatic rings. The maximum absolute atomic E-state index is 11.7. The summed E-state index contributed by atoms with van der Waals surface area (Å²) in [5, 5.41) is 11.6. The average Bonchev–Trinajstić information content (AvgIpc) is 2.28. The van der Waals surface area contributed by atoms with Gasteiger partial charge in [-0.2, -0.15) is 5.26 Å². The molecule has 0 radical (unpaired) electrons. The van der Waals surface area contributed by atoms with Gasteiger partial charge in [-0.1, -0.05) is 23.7 Å². The molecule has 0 saturated heterocycles. The van der Waals surface area contributed by atoms with Crippen LogP contribution in [0.5, 0.6) is 0 Å². The first-order valence-corrected chi connectivity index (χ1v) is 5.45. The maximum Gasteiger partial charge on any atom is 0.252 e. The lowest BCUT2D eigenvalue weighted by Gasteiger charge is -2.07. The third-order valence-corrected chi connectivity index (χ3v) is 2.69. The van der Waals surface area contributed by atoms with Crippen LogP contribution in [0.2, 0.25) is 5.02 Å². The van der Waals surface area contributed by atoms with Gasteiger partial charge in [0.2, 0.25) is 0 Å². The molecule has 0 saturated carbocycles. The number of nitriles is 1. The lowest BCUT2D eigenvalue weighted by atomic mass is 10.1. The van der Waals surface area contributed by atoms with Crippen LogP contribution in [0.15, 0.2) is 18.2 Å². The van der Waals surface area contributed by atoms with Crippen molar-refractivity contribution in [3.05, 3.63) is 34.3 Å². The zero-order valence-corrected chi connectivity index (χ0v) is 9.84. The van der Waals surface area contributed by atoms with Crippen molar-refractivity contribution in [1.82, 2.24) is 5.32 Å². The van der Waals surface area contributed by atoms with Gasteiger partial charge in [0, 0.05) is 13.0 Å². The molecule has 3 nitrogen and oxygen atoms in total. The summed E-state index contributed by atoms with van der Waals surface area (Å²) < 4.78 is 0. The van der Waals surface area contributed by atoms with Crippen LogP contribution in [0.4, 0.5) is 0 Å². The lowest BCUT2D eigenvalue weighted by Crippen LogP contribution is -2.24. The first-order chi connectivity index (χ1) is 7.66. The smallest absolute Gasteiger partial charge is 0.252 e. The number of hydrogen-bond acceptors (Lipinski definition) is 2. The Labute approximate surface area is 100 Å². The van der Waals surface area contributed by atoms with E-state index in [0.29, 0.717) is 30.0 Å². The summed E-state index contributed by atoms with van der Waals surface area (Å²) in [6.07, 6.45) is 1.10. The van der Waals surface area contributed by atoms with E-state index in [0.717, 1.165) is 5.56 Å². The van der Waals surface area contributed by atoms with E-state index in [1.165, 1.54) is 0 Å². The second kappa shape index (κ2) is 6.14. The van der Waals surface area contributed by atoms with Crippen LogP contribution >= 0.6 is 11.6 Å². The van der Waals surface area contributed by atoms with Crippen molar-refractivity contribution in [2.45, 2.75) is 19.8 Å². The minimum atomic E-state index is -0.188. The van der Waals surface area contributed by atoms with Gasteiger partial charge in [-0.15, -0.1) is 0 Å². The van der Waals surface area contributed by atoms with E-state index >= 15 is 0 Å². The molecular weight excluding hydrogens is 224 g/mol. The van der Waals surface area contributed by atoms with Gasteiger partial charge < -0.3 is 5.32 Å². The Balaban J connectivity index is 2.60. The van der Waals surface area contributed by atoms with E-state index in [4.69, 9.17) is 16.9 Å². The number of nitrogens with zero attached hydrogens (tertiary/aromatic N) is 1. The van der Waals surface area contributed by atoms with E-state index < -0.39 is 0 Å². The molecule has 0 spiro atoms. The highest BCUT2D eigenvalue weighted by Crippen LogP contribution is 2.19. The van der Waals surface area contributed by atoms with Crippen molar-refractivity contribution in [1.29, 1.82) is 5.26 Å². The van der Waals surface area contributed by atoms with E-state index in [1.54, 1.807) is 12.1 Å². The monoisotopic (exact) mass is 236 g/mol. The fourth-order valence-electron chi connectivity index (χ4n) is 1.29. The van der Waals surface area contributed by atoms with Crippen molar-refractivity contribution in [3.63, 3.8) is 0 Å². The largest absolute Gasteiger partial charge is 0.352 e. The summed E-state index contributed by atoms with van der Waals surface area (Å²) in [4.78, 5) is 11.7. The zero-order valence-electron chi connectivity index (χ0n) is 9.09. The van der Waals surface area contributed by atoms with Gasteiger partial charge in [-0.25, -0.2) is 0 Å². The van der Waals surface area contributed by atoms with Gasteiger partial charge in [0.05, 0.1) is 16.7 Å². The molecule has 0 unspecified atom stereocenters. The Bertz CT molecular complexity index is 424. The topological polar surface area (TPSA) is 52.9 Å². The Morgan fingerprint density at radius 3 is 3.00 bits per heavy atom. The summed E-state index contributed by atoms with van der Waals surface area (Å²) in [6, 6.07) is 7.37. The van der Waals surface area contributed by atoms with Crippen molar-refractivity contribution < 1.29 is 4.79 Å². The minimum absolute atomic E-state index is 0.188. The summed E-state index contributed by atoms with van der Waals surface area (Å²) in [5.41, 5.74) is 1.37. The molecule has 16 heavy (non-hydrogen) atoms. The zero-order chi connectivity index (χ0) is 12.0. The first-order valence-electron chi connectivity index (χ1n) is 5.07. The van der Waals surface area contributed by atoms with Crippen molar-refractivity contribution in [3.8, 4) is 6.07 Å². The van der Waals surface area contributed by atoms with Crippen LogP contribution < -0.4 is 5.32 Å². The summed E-state index contributed by atoms with van der Waals surface area (Å²) in [7, 11) is 0. The Hall–Kier alpha value is -1.53. The molecular formula is C12H13ClN2O. The van der Waals surface area contributed by atoms with Gasteiger partial charge in [-0.3, -0.25) is 4.79 Å². The standard InChI is InChI=1S/C12H13ClN2O/c1-9-5-4-6-10(11(9)13)12(16)15-8-3-2-7-14/h4-6H,2-3,8H2,1H3,(H,15,16). The molecule has 0 bridgehead atoms. The molecule has 1 aromatic carbocycles. The number of unbranched alkanes of at least 4 members (excludes halogenated alkanes) is 1. The normalized spacial score (nSPS) is 9.56.